The normalized spacial score (nSPS) is 21.4. The number of nitrogens with zero attached hydrogens (tertiary/aromatic N) is 4. The molecule has 2 aliphatic heterocycles. The Morgan fingerprint density at radius 2 is 2.06 bits per heavy atom. The zero-order valence-electron chi connectivity index (χ0n) is 19.6. The Labute approximate surface area is 200 Å². The summed E-state index contributed by atoms with van der Waals surface area (Å²) < 4.78 is 2.30. The third-order valence-electron chi connectivity index (χ3n) is 6.38. The molecule has 2 unspecified atom stereocenters. The standard InChI is InChI=1S/C24H32N4O2S2/c1-6-10-27-21(26-11-8-9-15(3)14-26)18(17(5)19(13-25)22(27)29)12-20-23(30)28(16(4)7-2)24(31)32-20/h12,15-16H,6-11,14H2,1-5H3. The van der Waals surface area contributed by atoms with Crippen molar-refractivity contribution in [3.63, 3.8) is 0 Å². The molecule has 0 bridgehead atoms. The molecule has 172 valence electrons. The summed E-state index contributed by atoms with van der Waals surface area (Å²) >= 11 is 6.81. The molecule has 2 saturated heterocycles. The van der Waals surface area contributed by atoms with E-state index in [9.17, 15) is 14.9 Å². The lowest BCUT2D eigenvalue weighted by molar-refractivity contribution is -0.123. The van der Waals surface area contributed by atoms with Gasteiger partial charge in [0.1, 0.15) is 21.8 Å². The number of carbonyl (C=O) groups excluding carboxylic acids is 1. The molecule has 2 fully saturated rings. The molecule has 0 aromatic carbocycles. The fourth-order valence-corrected chi connectivity index (χ4v) is 5.92. The number of nitriles is 1. The topological polar surface area (TPSA) is 69.3 Å². The van der Waals surface area contributed by atoms with E-state index in [0.29, 0.717) is 27.3 Å². The van der Waals surface area contributed by atoms with Crippen molar-refractivity contribution in [2.45, 2.75) is 72.9 Å². The molecule has 0 aliphatic carbocycles. The van der Waals surface area contributed by atoms with Gasteiger partial charge in [-0.25, -0.2) is 0 Å². The van der Waals surface area contributed by atoms with E-state index in [1.165, 1.54) is 11.8 Å². The number of hydrogen-bond acceptors (Lipinski definition) is 6. The van der Waals surface area contributed by atoms with Crippen LogP contribution >= 0.6 is 24.0 Å². The van der Waals surface area contributed by atoms with Crippen molar-refractivity contribution in [3.05, 3.63) is 31.9 Å². The Bertz CT molecular complexity index is 1050. The minimum absolute atomic E-state index is 0.0284. The summed E-state index contributed by atoms with van der Waals surface area (Å²) in [6, 6.07) is 2.14. The third kappa shape index (κ3) is 4.51. The first-order valence-corrected chi connectivity index (χ1v) is 12.7. The van der Waals surface area contributed by atoms with Crippen LogP contribution in [0.25, 0.3) is 6.08 Å². The Morgan fingerprint density at radius 1 is 1.34 bits per heavy atom. The van der Waals surface area contributed by atoms with Gasteiger partial charge < -0.3 is 4.90 Å². The lowest BCUT2D eigenvalue weighted by Crippen LogP contribution is -2.40. The fraction of sp³-hybridized carbons (Fsp3) is 0.583. The van der Waals surface area contributed by atoms with Crippen molar-refractivity contribution in [2.75, 3.05) is 18.0 Å². The van der Waals surface area contributed by atoms with E-state index in [4.69, 9.17) is 12.2 Å². The molecule has 0 spiro atoms. The van der Waals surface area contributed by atoms with Crippen molar-refractivity contribution in [2.24, 2.45) is 5.92 Å². The lowest BCUT2D eigenvalue weighted by Gasteiger charge is -2.36. The quantitative estimate of drug-likeness (QED) is 0.442. The summed E-state index contributed by atoms with van der Waals surface area (Å²) in [5, 5.41) is 9.76. The third-order valence-corrected chi connectivity index (χ3v) is 7.71. The Morgan fingerprint density at radius 3 is 2.66 bits per heavy atom. The van der Waals surface area contributed by atoms with Crippen LogP contribution in [0.5, 0.6) is 0 Å². The number of pyridine rings is 1. The maximum absolute atomic E-state index is 13.2. The molecule has 3 rings (SSSR count). The maximum Gasteiger partial charge on any atom is 0.270 e. The predicted molar refractivity (Wildman–Crippen MR) is 136 cm³/mol. The van der Waals surface area contributed by atoms with Crippen LogP contribution < -0.4 is 10.5 Å². The summed E-state index contributed by atoms with van der Waals surface area (Å²) in [4.78, 5) is 30.9. The van der Waals surface area contributed by atoms with Crippen molar-refractivity contribution in [1.29, 1.82) is 5.26 Å². The average molecular weight is 473 g/mol. The zero-order chi connectivity index (χ0) is 23.6. The Kier molecular flexibility index (Phi) is 7.84. The number of rotatable bonds is 6. The summed E-state index contributed by atoms with van der Waals surface area (Å²) in [5.74, 6) is 1.24. The van der Waals surface area contributed by atoms with Gasteiger partial charge in [0, 0.05) is 31.2 Å². The molecule has 2 atom stereocenters. The van der Waals surface area contributed by atoms with Gasteiger partial charge in [0.15, 0.2) is 0 Å². The molecule has 6 nitrogen and oxygen atoms in total. The van der Waals surface area contributed by atoms with Gasteiger partial charge in [-0.2, -0.15) is 5.26 Å². The second-order valence-corrected chi connectivity index (χ2v) is 10.5. The number of aromatic nitrogens is 1. The molecule has 0 N–H and O–H groups in total. The van der Waals surface area contributed by atoms with Crippen molar-refractivity contribution in [3.8, 4) is 6.07 Å². The van der Waals surface area contributed by atoms with E-state index in [-0.39, 0.29) is 23.1 Å². The number of thiocarbonyl (C=S) groups is 1. The van der Waals surface area contributed by atoms with Crippen LogP contribution in [0.3, 0.4) is 0 Å². The van der Waals surface area contributed by atoms with Crippen LogP contribution in [0, 0.1) is 24.2 Å². The Hall–Kier alpha value is -2.11. The highest BCUT2D eigenvalue weighted by molar-refractivity contribution is 8.26. The van der Waals surface area contributed by atoms with Gasteiger partial charge in [-0.1, -0.05) is 44.8 Å². The fourth-order valence-electron chi connectivity index (χ4n) is 4.47. The minimum Gasteiger partial charge on any atom is -0.357 e. The van der Waals surface area contributed by atoms with Crippen molar-refractivity contribution < 1.29 is 4.79 Å². The second-order valence-electron chi connectivity index (χ2n) is 8.81. The first-order chi connectivity index (χ1) is 15.2. The SMILES string of the molecule is CCCn1c(N2CCCC(C)C2)c(C=C2SC(=S)N(C(C)CC)C2=O)c(C)c(C#N)c1=O. The smallest absolute Gasteiger partial charge is 0.270 e. The second kappa shape index (κ2) is 10.2. The number of thioether (sulfide) groups is 1. The summed E-state index contributed by atoms with van der Waals surface area (Å²) in [6.07, 6.45) is 5.66. The minimum atomic E-state index is -0.246. The van der Waals surface area contributed by atoms with Crippen LogP contribution in [0.2, 0.25) is 0 Å². The van der Waals surface area contributed by atoms with E-state index >= 15 is 0 Å². The molecule has 0 radical (unpaired) electrons. The number of anilines is 1. The summed E-state index contributed by atoms with van der Waals surface area (Å²) in [5.41, 5.74) is 1.32. The van der Waals surface area contributed by atoms with Gasteiger partial charge in [-0.15, -0.1) is 0 Å². The molecule has 0 saturated carbocycles. The van der Waals surface area contributed by atoms with Crippen LogP contribution in [0.1, 0.15) is 70.1 Å². The van der Waals surface area contributed by atoms with Gasteiger partial charge in [-0.05, 0) is 57.1 Å². The van der Waals surface area contributed by atoms with Gasteiger partial charge in [0.2, 0.25) is 0 Å². The maximum atomic E-state index is 13.2. The van der Waals surface area contributed by atoms with Crippen LogP contribution in [0.15, 0.2) is 9.70 Å². The van der Waals surface area contributed by atoms with Crippen LogP contribution in [0.4, 0.5) is 5.82 Å². The number of carbonyl (C=O) groups is 1. The first-order valence-electron chi connectivity index (χ1n) is 11.4. The summed E-state index contributed by atoms with van der Waals surface area (Å²) in [7, 11) is 0. The van der Waals surface area contributed by atoms with Crippen LogP contribution in [-0.4, -0.2) is 38.8 Å². The van der Waals surface area contributed by atoms with E-state index < -0.39 is 0 Å². The summed E-state index contributed by atoms with van der Waals surface area (Å²) in [6.45, 7) is 12.3. The highest BCUT2D eigenvalue weighted by Crippen LogP contribution is 2.37. The monoisotopic (exact) mass is 472 g/mol. The van der Waals surface area contributed by atoms with Gasteiger partial charge >= 0.3 is 0 Å². The predicted octanol–water partition coefficient (Wildman–Crippen LogP) is 4.67. The molecule has 2 aliphatic rings. The zero-order valence-corrected chi connectivity index (χ0v) is 21.2. The highest BCUT2D eigenvalue weighted by atomic mass is 32.2. The van der Waals surface area contributed by atoms with E-state index in [1.54, 1.807) is 9.47 Å². The number of amides is 1. The largest absolute Gasteiger partial charge is 0.357 e. The molecule has 1 aromatic rings. The molecule has 1 aromatic heterocycles. The molecular weight excluding hydrogens is 440 g/mol. The molecule has 1 amide bonds. The van der Waals surface area contributed by atoms with Crippen molar-refractivity contribution in [1.82, 2.24) is 9.47 Å². The number of piperidine rings is 1. The van der Waals surface area contributed by atoms with E-state index in [0.717, 1.165) is 50.2 Å². The van der Waals surface area contributed by atoms with Gasteiger partial charge in [0.05, 0.1) is 4.91 Å². The van der Waals surface area contributed by atoms with E-state index in [1.807, 2.05) is 33.8 Å². The molecule has 32 heavy (non-hydrogen) atoms. The Balaban J connectivity index is 2.24. The molecule has 8 heteroatoms. The van der Waals surface area contributed by atoms with Crippen molar-refractivity contribution >= 4 is 46.1 Å². The average Bonchev–Trinajstić information content (AvgIpc) is 3.04. The van der Waals surface area contributed by atoms with Crippen LogP contribution in [-0.2, 0) is 11.3 Å². The van der Waals surface area contributed by atoms with Gasteiger partial charge in [0.25, 0.3) is 11.5 Å². The lowest BCUT2D eigenvalue weighted by atomic mass is 9.98. The number of hydrogen-bond donors (Lipinski definition) is 0. The molecule has 3 heterocycles. The van der Waals surface area contributed by atoms with Gasteiger partial charge in [-0.3, -0.25) is 19.1 Å². The first kappa shape index (κ1) is 24.5. The highest BCUT2D eigenvalue weighted by Gasteiger charge is 2.35. The molecular formula is C24H32N4O2S2. The van der Waals surface area contributed by atoms with E-state index in [2.05, 4.69) is 17.9 Å².